The number of halogens is 3. The van der Waals surface area contributed by atoms with Gasteiger partial charge >= 0.3 is 6.18 Å². The minimum atomic E-state index is -4.33. The Balaban J connectivity index is 2.21. The maximum atomic E-state index is 12.8. The molecule has 0 bridgehead atoms. The van der Waals surface area contributed by atoms with E-state index in [0.717, 1.165) is 43.9 Å². The van der Waals surface area contributed by atoms with Crippen molar-refractivity contribution in [2.75, 3.05) is 39.3 Å². The van der Waals surface area contributed by atoms with E-state index in [4.69, 9.17) is 5.73 Å². The number of rotatable bonds is 7. The van der Waals surface area contributed by atoms with Gasteiger partial charge in [0.25, 0.3) is 0 Å². The molecule has 0 unspecified atom stereocenters. The van der Waals surface area contributed by atoms with Gasteiger partial charge in [-0.3, -0.25) is 0 Å². The Morgan fingerprint density at radius 2 is 1.80 bits per heavy atom. The molecule has 0 fully saturated rings. The molecule has 0 amide bonds. The molecule has 0 atom stereocenters. The molecule has 0 radical (unpaired) electrons. The van der Waals surface area contributed by atoms with Gasteiger partial charge in [-0.05, 0) is 30.8 Å². The lowest BCUT2D eigenvalue weighted by Crippen LogP contribution is -2.42. The second-order valence-corrected chi connectivity index (χ2v) is 5.97. The van der Waals surface area contributed by atoms with Crippen LogP contribution in [-0.4, -0.2) is 54.9 Å². The smallest absolute Gasteiger partial charge is 0.351 e. The molecule has 0 saturated carbocycles. The Morgan fingerprint density at radius 3 is 2.32 bits per heavy atom. The molecular formula is C18H25F3N4. The Bertz CT molecular complexity index is 616. The quantitative estimate of drug-likeness (QED) is 0.819. The molecule has 1 heterocycles. The third-order valence-corrected chi connectivity index (χ3v) is 4.38. The molecular weight excluding hydrogens is 329 g/mol. The number of likely N-dealkylation sites (N-methyl/N-ethyl adjacent to an activating group) is 1. The van der Waals surface area contributed by atoms with Crippen LogP contribution in [-0.2, 0) is 6.18 Å². The van der Waals surface area contributed by atoms with E-state index in [0.29, 0.717) is 24.5 Å². The third-order valence-electron chi connectivity index (χ3n) is 4.38. The molecule has 7 heteroatoms. The SMILES string of the molecule is CCN(CC)CCN1CC(CN)=CN=C1c1ccc(C(F)(F)F)cc1. The van der Waals surface area contributed by atoms with Crippen molar-refractivity contribution in [3.8, 4) is 0 Å². The van der Waals surface area contributed by atoms with Crippen LogP contribution in [0.5, 0.6) is 0 Å². The molecule has 0 spiro atoms. The summed E-state index contributed by atoms with van der Waals surface area (Å²) >= 11 is 0. The van der Waals surface area contributed by atoms with Crippen molar-refractivity contribution in [3.05, 3.63) is 47.2 Å². The molecule has 0 saturated heterocycles. The summed E-state index contributed by atoms with van der Waals surface area (Å²) in [6, 6.07) is 5.16. The second-order valence-electron chi connectivity index (χ2n) is 5.97. The average Bonchev–Trinajstić information content (AvgIpc) is 2.61. The molecule has 1 aliphatic heterocycles. The van der Waals surface area contributed by atoms with Crippen molar-refractivity contribution >= 4 is 5.84 Å². The molecule has 25 heavy (non-hydrogen) atoms. The maximum absolute atomic E-state index is 12.8. The number of amidine groups is 1. The zero-order valence-electron chi connectivity index (χ0n) is 14.7. The lowest BCUT2D eigenvalue weighted by atomic mass is 10.1. The summed E-state index contributed by atoms with van der Waals surface area (Å²) in [6.07, 6.45) is -2.61. The Kier molecular flexibility index (Phi) is 6.61. The first kappa shape index (κ1) is 19.5. The third kappa shape index (κ3) is 5.06. The molecule has 0 aromatic heterocycles. The van der Waals surface area contributed by atoms with Crippen LogP contribution in [0.4, 0.5) is 13.2 Å². The first-order valence-corrected chi connectivity index (χ1v) is 8.49. The summed E-state index contributed by atoms with van der Waals surface area (Å²) in [5.41, 5.74) is 6.76. The van der Waals surface area contributed by atoms with Crippen molar-refractivity contribution in [1.82, 2.24) is 9.80 Å². The molecule has 1 aliphatic rings. The van der Waals surface area contributed by atoms with Gasteiger partial charge in [-0.25, -0.2) is 4.99 Å². The van der Waals surface area contributed by atoms with E-state index in [-0.39, 0.29) is 0 Å². The summed E-state index contributed by atoms with van der Waals surface area (Å²) in [4.78, 5) is 8.84. The predicted octanol–water partition coefficient (Wildman–Crippen LogP) is 2.95. The van der Waals surface area contributed by atoms with Crippen LogP contribution in [0.1, 0.15) is 25.0 Å². The van der Waals surface area contributed by atoms with E-state index < -0.39 is 11.7 Å². The normalized spacial score (nSPS) is 15.4. The van der Waals surface area contributed by atoms with E-state index in [9.17, 15) is 13.2 Å². The standard InChI is InChI=1S/C18H25F3N4/c1-3-24(4-2)9-10-25-13-14(11-22)12-23-17(25)15-5-7-16(8-6-15)18(19,20)21/h5-8,12H,3-4,9-11,13,22H2,1-2H3. The van der Waals surface area contributed by atoms with E-state index in [2.05, 4.69) is 28.6 Å². The second kappa shape index (κ2) is 8.49. The zero-order chi connectivity index (χ0) is 18.4. The van der Waals surface area contributed by atoms with Crippen molar-refractivity contribution in [2.45, 2.75) is 20.0 Å². The van der Waals surface area contributed by atoms with Crippen molar-refractivity contribution < 1.29 is 13.2 Å². The summed E-state index contributed by atoms with van der Waals surface area (Å²) in [5, 5.41) is 0. The van der Waals surface area contributed by atoms with Gasteiger partial charge in [0.15, 0.2) is 0 Å². The van der Waals surface area contributed by atoms with Gasteiger partial charge in [0.2, 0.25) is 0 Å². The number of alkyl halides is 3. The number of hydrogen-bond acceptors (Lipinski definition) is 4. The van der Waals surface area contributed by atoms with Gasteiger partial charge in [-0.2, -0.15) is 13.2 Å². The molecule has 2 rings (SSSR count). The highest BCUT2D eigenvalue weighted by molar-refractivity contribution is 5.99. The highest BCUT2D eigenvalue weighted by atomic mass is 19.4. The minimum Gasteiger partial charge on any atom is -0.351 e. The summed E-state index contributed by atoms with van der Waals surface area (Å²) in [6.45, 7) is 8.81. The molecule has 4 nitrogen and oxygen atoms in total. The predicted molar refractivity (Wildman–Crippen MR) is 94.5 cm³/mol. The molecule has 1 aromatic carbocycles. The Labute approximate surface area is 146 Å². The summed E-state index contributed by atoms with van der Waals surface area (Å²) in [5.74, 6) is 0.693. The molecule has 1 aromatic rings. The van der Waals surface area contributed by atoms with Crippen LogP contribution in [0.3, 0.4) is 0 Å². The van der Waals surface area contributed by atoms with Crippen LogP contribution < -0.4 is 5.73 Å². The average molecular weight is 354 g/mol. The number of nitrogens with zero attached hydrogens (tertiary/aromatic N) is 3. The Hall–Kier alpha value is -1.86. The fraction of sp³-hybridized carbons (Fsp3) is 0.500. The van der Waals surface area contributed by atoms with E-state index in [1.165, 1.54) is 12.1 Å². The first-order chi connectivity index (χ1) is 11.9. The van der Waals surface area contributed by atoms with Crippen LogP contribution in [0.15, 0.2) is 41.0 Å². The fourth-order valence-corrected chi connectivity index (χ4v) is 2.76. The topological polar surface area (TPSA) is 44.9 Å². The van der Waals surface area contributed by atoms with Crippen LogP contribution in [0.2, 0.25) is 0 Å². The van der Waals surface area contributed by atoms with Gasteiger partial charge in [0, 0.05) is 37.9 Å². The van der Waals surface area contributed by atoms with Gasteiger partial charge < -0.3 is 15.5 Å². The lowest BCUT2D eigenvalue weighted by Gasteiger charge is -2.32. The van der Waals surface area contributed by atoms with E-state index in [1.807, 2.05) is 0 Å². The monoisotopic (exact) mass is 354 g/mol. The van der Waals surface area contributed by atoms with Crippen molar-refractivity contribution in [1.29, 1.82) is 0 Å². The van der Waals surface area contributed by atoms with Gasteiger partial charge in [0.05, 0.1) is 5.56 Å². The lowest BCUT2D eigenvalue weighted by molar-refractivity contribution is -0.137. The summed E-state index contributed by atoms with van der Waals surface area (Å²) in [7, 11) is 0. The van der Waals surface area contributed by atoms with Crippen molar-refractivity contribution in [3.63, 3.8) is 0 Å². The first-order valence-electron chi connectivity index (χ1n) is 8.49. The Morgan fingerprint density at radius 1 is 1.16 bits per heavy atom. The summed E-state index contributed by atoms with van der Waals surface area (Å²) < 4.78 is 38.3. The van der Waals surface area contributed by atoms with Gasteiger partial charge in [-0.15, -0.1) is 0 Å². The van der Waals surface area contributed by atoms with Gasteiger partial charge in [0.1, 0.15) is 5.84 Å². The van der Waals surface area contributed by atoms with E-state index in [1.54, 1.807) is 6.20 Å². The molecule has 2 N–H and O–H groups in total. The number of nitrogens with two attached hydrogens (primary N) is 1. The van der Waals surface area contributed by atoms with Crippen LogP contribution in [0.25, 0.3) is 0 Å². The van der Waals surface area contributed by atoms with Crippen molar-refractivity contribution in [2.24, 2.45) is 10.7 Å². The van der Waals surface area contributed by atoms with Gasteiger partial charge in [-0.1, -0.05) is 26.0 Å². The minimum absolute atomic E-state index is 0.422. The number of hydrogen-bond donors (Lipinski definition) is 1. The van der Waals surface area contributed by atoms with Crippen LogP contribution in [0, 0.1) is 0 Å². The maximum Gasteiger partial charge on any atom is 0.416 e. The zero-order valence-corrected chi connectivity index (χ0v) is 14.7. The largest absolute Gasteiger partial charge is 0.416 e. The molecule has 138 valence electrons. The highest BCUT2D eigenvalue weighted by Gasteiger charge is 2.30. The molecule has 0 aliphatic carbocycles. The highest BCUT2D eigenvalue weighted by Crippen LogP contribution is 2.29. The van der Waals surface area contributed by atoms with E-state index >= 15 is 0 Å². The fourth-order valence-electron chi connectivity index (χ4n) is 2.76. The number of benzene rings is 1. The number of aliphatic imine (C=N–C) groups is 1. The van der Waals surface area contributed by atoms with Crippen LogP contribution >= 0.6 is 0 Å².